The first-order chi connectivity index (χ1) is 16.3. The number of halogens is 1. The SMILES string of the molecule is COc1ccc(CN(CC2CCCCC2)S(=O)(=O)c2cc(Cl)c(Oc3cccc(C)c3)s2)cc1. The standard InChI is InChI=1S/C26H30ClNO4S2/c1-19-7-6-10-23(15-19)32-26-24(27)16-25(33-26)34(29,30)28(17-20-8-4-3-5-9-20)18-21-11-13-22(31-2)14-12-21/h6-7,10-16,20H,3-5,8-9,17-18H2,1-2H3. The first-order valence-electron chi connectivity index (χ1n) is 11.5. The van der Waals surface area contributed by atoms with Crippen LogP contribution in [0.2, 0.25) is 5.02 Å². The summed E-state index contributed by atoms with van der Waals surface area (Å²) in [5.74, 6) is 1.73. The summed E-state index contributed by atoms with van der Waals surface area (Å²) in [5, 5.41) is 0.681. The fourth-order valence-corrected chi connectivity index (χ4v) is 7.54. The number of hydrogen-bond donors (Lipinski definition) is 0. The largest absolute Gasteiger partial charge is 0.497 e. The highest BCUT2D eigenvalue weighted by molar-refractivity contribution is 7.91. The number of benzene rings is 2. The normalized spacial score (nSPS) is 14.9. The maximum absolute atomic E-state index is 13.8. The minimum absolute atomic E-state index is 0.199. The third-order valence-electron chi connectivity index (χ3n) is 6.13. The number of aryl methyl sites for hydroxylation is 1. The molecule has 0 radical (unpaired) electrons. The Balaban J connectivity index is 1.60. The molecule has 1 aromatic heterocycles. The van der Waals surface area contributed by atoms with Crippen molar-refractivity contribution in [3.05, 3.63) is 70.7 Å². The van der Waals surface area contributed by atoms with Gasteiger partial charge in [-0.05, 0) is 67.1 Å². The van der Waals surface area contributed by atoms with E-state index in [0.717, 1.165) is 53.9 Å². The van der Waals surface area contributed by atoms with Crippen LogP contribution in [-0.2, 0) is 16.6 Å². The van der Waals surface area contributed by atoms with Gasteiger partial charge in [-0.3, -0.25) is 0 Å². The highest BCUT2D eigenvalue weighted by Gasteiger charge is 2.31. The van der Waals surface area contributed by atoms with Gasteiger partial charge in [0.25, 0.3) is 10.0 Å². The molecule has 1 fully saturated rings. The summed E-state index contributed by atoms with van der Waals surface area (Å²) in [7, 11) is -2.14. The Labute approximate surface area is 211 Å². The molecule has 0 aliphatic heterocycles. The van der Waals surface area contributed by atoms with Gasteiger partial charge in [-0.15, -0.1) is 0 Å². The molecule has 0 saturated heterocycles. The van der Waals surface area contributed by atoms with E-state index in [-0.39, 0.29) is 4.21 Å². The van der Waals surface area contributed by atoms with E-state index in [9.17, 15) is 8.42 Å². The van der Waals surface area contributed by atoms with Crippen molar-refractivity contribution in [3.8, 4) is 16.6 Å². The Morgan fingerprint density at radius 2 is 1.76 bits per heavy atom. The van der Waals surface area contributed by atoms with E-state index >= 15 is 0 Å². The van der Waals surface area contributed by atoms with Gasteiger partial charge < -0.3 is 9.47 Å². The van der Waals surface area contributed by atoms with E-state index < -0.39 is 10.0 Å². The Hall–Kier alpha value is -2.06. The van der Waals surface area contributed by atoms with E-state index in [1.807, 2.05) is 55.5 Å². The molecule has 5 nitrogen and oxygen atoms in total. The van der Waals surface area contributed by atoms with Crippen LogP contribution >= 0.6 is 22.9 Å². The molecule has 0 bridgehead atoms. The lowest BCUT2D eigenvalue weighted by Crippen LogP contribution is -2.35. The molecule has 0 amide bonds. The molecule has 4 rings (SSSR count). The molecular formula is C26H30ClNO4S2. The van der Waals surface area contributed by atoms with Gasteiger partial charge in [0, 0.05) is 13.1 Å². The summed E-state index contributed by atoms with van der Waals surface area (Å²) in [4.78, 5) is 0. The first kappa shape index (κ1) is 25.0. The maximum Gasteiger partial charge on any atom is 0.253 e. The van der Waals surface area contributed by atoms with Gasteiger partial charge in [-0.2, -0.15) is 4.31 Å². The lowest BCUT2D eigenvalue weighted by atomic mass is 9.89. The van der Waals surface area contributed by atoms with Crippen LogP contribution in [0.3, 0.4) is 0 Å². The summed E-state index contributed by atoms with van der Waals surface area (Å²) in [6, 6.07) is 16.6. The van der Waals surface area contributed by atoms with Crippen molar-refractivity contribution in [3.63, 3.8) is 0 Å². The van der Waals surface area contributed by atoms with E-state index in [1.54, 1.807) is 11.4 Å². The molecular weight excluding hydrogens is 490 g/mol. The molecule has 8 heteroatoms. The fraction of sp³-hybridized carbons (Fsp3) is 0.385. The Morgan fingerprint density at radius 1 is 1.03 bits per heavy atom. The summed E-state index contributed by atoms with van der Waals surface area (Å²) >= 11 is 7.49. The zero-order chi connectivity index (χ0) is 24.1. The van der Waals surface area contributed by atoms with Crippen molar-refractivity contribution in [1.82, 2.24) is 4.31 Å². The number of ether oxygens (including phenoxy) is 2. The second kappa shape index (κ2) is 11.1. The predicted octanol–water partition coefficient (Wildman–Crippen LogP) is 7.28. The summed E-state index contributed by atoms with van der Waals surface area (Å²) < 4.78 is 40.6. The monoisotopic (exact) mass is 519 g/mol. The van der Waals surface area contributed by atoms with Crippen molar-refractivity contribution in [1.29, 1.82) is 0 Å². The zero-order valence-electron chi connectivity index (χ0n) is 19.5. The molecule has 1 aliphatic carbocycles. The Bertz CT molecular complexity index is 1200. The highest BCUT2D eigenvalue weighted by Crippen LogP contribution is 2.41. The molecule has 0 N–H and O–H groups in total. The lowest BCUT2D eigenvalue weighted by Gasteiger charge is -2.29. The molecule has 1 aliphatic rings. The number of sulfonamides is 1. The number of methoxy groups -OCH3 is 1. The minimum atomic E-state index is -3.76. The molecule has 3 aromatic rings. The van der Waals surface area contributed by atoms with Crippen molar-refractivity contribution < 1.29 is 17.9 Å². The van der Waals surface area contributed by atoms with Crippen molar-refractivity contribution >= 4 is 33.0 Å². The second-order valence-electron chi connectivity index (χ2n) is 8.77. The van der Waals surface area contributed by atoms with E-state index in [4.69, 9.17) is 21.1 Å². The van der Waals surface area contributed by atoms with Gasteiger partial charge >= 0.3 is 0 Å². The van der Waals surface area contributed by atoms with Crippen molar-refractivity contribution in [2.45, 2.75) is 49.8 Å². The number of hydrogen-bond acceptors (Lipinski definition) is 5. The van der Waals surface area contributed by atoms with E-state index in [0.29, 0.717) is 34.8 Å². The van der Waals surface area contributed by atoms with Crippen molar-refractivity contribution in [2.24, 2.45) is 5.92 Å². The number of rotatable bonds is 9. The minimum Gasteiger partial charge on any atom is -0.497 e. The maximum atomic E-state index is 13.8. The highest BCUT2D eigenvalue weighted by atomic mass is 35.5. The second-order valence-corrected chi connectivity index (χ2v) is 12.4. The summed E-state index contributed by atoms with van der Waals surface area (Å²) in [6.45, 7) is 2.77. The molecule has 182 valence electrons. The average Bonchev–Trinajstić information content (AvgIpc) is 3.20. The van der Waals surface area contributed by atoms with Gasteiger partial charge in [-0.1, -0.05) is 66.5 Å². The predicted molar refractivity (Wildman–Crippen MR) is 138 cm³/mol. The van der Waals surface area contributed by atoms with E-state index in [1.165, 1.54) is 12.5 Å². The van der Waals surface area contributed by atoms with Crippen LogP contribution in [0.1, 0.15) is 43.2 Å². The van der Waals surface area contributed by atoms with Crippen LogP contribution in [0.15, 0.2) is 58.8 Å². The van der Waals surface area contributed by atoms with Gasteiger partial charge in [0.2, 0.25) is 5.06 Å². The number of thiophene rings is 1. The third kappa shape index (κ3) is 6.13. The van der Waals surface area contributed by atoms with Gasteiger partial charge in [-0.25, -0.2) is 8.42 Å². The van der Waals surface area contributed by atoms with E-state index in [2.05, 4.69) is 0 Å². The van der Waals surface area contributed by atoms with Crippen LogP contribution in [0, 0.1) is 12.8 Å². The van der Waals surface area contributed by atoms with Gasteiger partial charge in [0.15, 0.2) is 0 Å². The molecule has 1 heterocycles. The smallest absolute Gasteiger partial charge is 0.253 e. The third-order valence-corrected chi connectivity index (χ3v) is 9.80. The van der Waals surface area contributed by atoms with Gasteiger partial charge in [0.1, 0.15) is 15.7 Å². The molecule has 0 unspecified atom stereocenters. The molecule has 2 aromatic carbocycles. The Kier molecular flexibility index (Phi) is 8.19. The van der Waals surface area contributed by atoms with Crippen LogP contribution in [0.4, 0.5) is 0 Å². The summed E-state index contributed by atoms with van der Waals surface area (Å²) in [6.07, 6.45) is 5.64. The summed E-state index contributed by atoms with van der Waals surface area (Å²) in [5.41, 5.74) is 1.97. The molecule has 1 saturated carbocycles. The Morgan fingerprint density at radius 3 is 2.44 bits per heavy atom. The molecule has 34 heavy (non-hydrogen) atoms. The number of nitrogens with zero attached hydrogens (tertiary/aromatic N) is 1. The van der Waals surface area contributed by atoms with Gasteiger partial charge in [0.05, 0.1) is 12.1 Å². The first-order valence-corrected chi connectivity index (χ1v) is 14.2. The van der Waals surface area contributed by atoms with Crippen LogP contribution < -0.4 is 9.47 Å². The van der Waals surface area contributed by atoms with Crippen LogP contribution in [-0.4, -0.2) is 26.4 Å². The zero-order valence-corrected chi connectivity index (χ0v) is 21.9. The van der Waals surface area contributed by atoms with Crippen molar-refractivity contribution in [2.75, 3.05) is 13.7 Å². The molecule has 0 atom stereocenters. The average molecular weight is 520 g/mol. The fourth-order valence-electron chi connectivity index (χ4n) is 4.28. The van der Waals surface area contributed by atoms with Crippen LogP contribution in [0.5, 0.6) is 16.6 Å². The lowest BCUT2D eigenvalue weighted by molar-refractivity contribution is 0.275. The van der Waals surface area contributed by atoms with Crippen LogP contribution in [0.25, 0.3) is 0 Å². The molecule has 0 spiro atoms. The quantitative estimate of drug-likeness (QED) is 0.298. The topological polar surface area (TPSA) is 55.8 Å².